The van der Waals surface area contributed by atoms with Crippen LogP contribution in [0.25, 0.3) is 11.2 Å². The van der Waals surface area contributed by atoms with Crippen molar-refractivity contribution in [3.63, 3.8) is 0 Å². The molecule has 0 radical (unpaired) electrons. The van der Waals surface area contributed by atoms with Crippen LogP contribution in [0.3, 0.4) is 0 Å². The summed E-state index contributed by atoms with van der Waals surface area (Å²) in [5, 5.41) is 2.71. The Morgan fingerprint density at radius 3 is 2.74 bits per heavy atom. The Morgan fingerprint density at radius 2 is 2.00 bits per heavy atom. The van der Waals surface area contributed by atoms with Crippen LogP contribution in [0.4, 0.5) is 10.2 Å². The maximum absolute atomic E-state index is 13.9. The normalized spacial score (nSPS) is 19.8. The number of fused-ring (bicyclic) bond motifs is 1. The van der Waals surface area contributed by atoms with Crippen molar-refractivity contribution in [1.82, 2.24) is 19.5 Å². The van der Waals surface area contributed by atoms with Gasteiger partial charge in [0.1, 0.15) is 24.3 Å². The molecule has 8 nitrogen and oxygen atoms in total. The van der Waals surface area contributed by atoms with Crippen molar-refractivity contribution in [2.24, 2.45) is 0 Å². The fourth-order valence-electron chi connectivity index (χ4n) is 2.79. The molecule has 1 aliphatic heterocycles. The Balaban J connectivity index is 1.74. The molecule has 0 fully saturated rings. The molecule has 0 saturated heterocycles. The van der Waals surface area contributed by atoms with Gasteiger partial charge in [0, 0.05) is 11.6 Å². The Bertz CT molecular complexity index is 1060. The average Bonchev–Trinajstić information content (AvgIpc) is 3.11. The van der Waals surface area contributed by atoms with Gasteiger partial charge in [0.15, 0.2) is 23.5 Å². The molecule has 1 aromatic carbocycles. The van der Waals surface area contributed by atoms with Crippen molar-refractivity contribution in [3.8, 4) is 0 Å². The van der Waals surface area contributed by atoms with E-state index in [9.17, 15) is 14.0 Å². The van der Waals surface area contributed by atoms with E-state index in [0.717, 1.165) is 6.08 Å². The number of hydrogen-bond acceptors (Lipinski definition) is 6. The van der Waals surface area contributed by atoms with Crippen LogP contribution >= 0.6 is 0 Å². The molecule has 4 rings (SSSR count). The molecule has 0 aliphatic carbocycles. The van der Waals surface area contributed by atoms with E-state index in [1.54, 1.807) is 30.3 Å². The molecule has 2 aromatic heterocycles. The number of imidazole rings is 1. The van der Waals surface area contributed by atoms with E-state index in [1.807, 2.05) is 0 Å². The second-order valence-electron chi connectivity index (χ2n) is 5.91. The number of carbonyl (C=O) groups excluding carboxylic acids is 2. The van der Waals surface area contributed by atoms with Gasteiger partial charge < -0.3 is 10.1 Å². The molecule has 0 saturated carbocycles. The third-order valence-electron chi connectivity index (χ3n) is 4.14. The second-order valence-corrected chi connectivity index (χ2v) is 5.91. The number of nitrogens with one attached hydrogen (secondary N) is 1. The lowest BCUT2D eigenvalue weighted by molar-refractivity contribution is -0.134. The maximum atomic E-state index is 13.9. The summed E-state index contributed by atoms with van der Waals surface area (Å²) in [6, 6.07) is 8.63. The number of benzene rings is 1. The summed E-state index contributed by atoms with van der Waals surface area (Å²) in [5.74, 6) is -1.76. The molecule has 2 atom stereocenters. The molecule has 0 bridgehead atoms. The van der Waals surface area contributed by atoms with Gasteiger partial charge in [0.05, 0.1) is 0 Å². The lowest BCUT2D eigenvalue weighted by Gasteiger charge is -2.24. The molecule has 0 unspecified atom stereocenters. The summed E-state index contributed by atoms with van der Waals surface area (Å²) in [6.45, 7) is 1.47. The molecular weight excluding hydrogens is 353 g/mol. The van der Waals surface area contributed by atoms with Gasteiger partial charge in [-0.2, -0.15) is 0 Å². The van der Waals surface area contributed by atoms with E-state index in [1.165, 1.54) is 24.1 Å². The molecule has 1 aliphatic rings. The zero-order valence-electron chi connectivity index (χ0n) is 14.2. The third kappa shape index (κ3) is 3.08. The van der Waals surface area contributed by atoms with Gasteiger partial charge in [-0.1, -0.05) is 18.2 Å². The highest BCUT2D eigenvalue weighted by Crippen LogP contribution is 2.29. The summed E-state index contributed by atoms with van der Waals surface area (Å²) < 4.78 is 20.9. The van der Waals surface area contributed by atoms with Gasteiger partial charge in [0.2, 0.25) is 5.78 Å². The highest BCUT2D eigenvalue weighted by molar-refractivity contribution is 6.06. The molecule has 27 heavy (non-hydrogen) atoms. The highest BCUT2D eigenvalue weighted by atomic mass is 19.1. The smallest absolute Gasteiger partial charge is 0.256 e. The van der Waals surface area contributed by atoms with Crippen LogP contribution in [0.2, 0.25) is 0 Å². The van der Waals surface area contributed by atoms with Gasteiger partial charge in [-0.3, -0.25) is 14.2 Å². The predicted octanol–water partition coefficient (Wildman–Crippen LogP) is 2.42. The third-order valence-corrected chi connectivity index (χ3v) is 4.14. The quantitative estimate of drug-likeness (QED) is 0.763. The van der Waals surface area contributed by atoms with Crippen molar-refractivity contribution in [2.75, 3.05) is 5.32 Å². The van der Waals surface area contributed by atoms with E-state index in [0.29, 0.717) is 16.7 Å². The number of carbonyl (C=O) groups is 2. The Morgan fingerprint density at radius 1 is 1.22 bits per heavy atom. The Kier molecular flexibility index (Phi) is 4.21. The van der Waals surface area contributed by atoms with Crippen LogP contribution in [0.1, 0.15) is 23.5 Å². The standard InChI is InChI=1S/C18H14FN5O3/c1-10-15(25)12(19)7-13(27-10)24-9-22-16-14(24)17(21-8-20-16)23-18(26)11-5-3-2-4-6-11/h2-10,13H,1H3,(H,20,21,23,26)/t10-,13-/m1/s1. The van der Waals surface area contributed by atoms with Gasteiger partial charge in [-0.25, -0.2) is 19.3 Å². The number of nitrogens with zero attached hydrogens (tertiary/aromatic N) is 4. The number of amides is 1. The van der Waals surface area contributed by atoms with Crippen molar-refractivity contribution in [2.45, 2.75) is 19.3 Å². The van der Waals surface area contributed by atoms with Crippen molar-refractivity contribution >= 4 is 28.7 Å². The van der Waals surface area contributed by atoms with E-state index in [-0.39, 0.29) is 11.7 Å². The molecule has 1 amide bonds. The van der Waals surface area contributed by atoms with Crippen molar-refractivity contribution in [3.05, 3.63) is 60.5 Å². The van der Waals surface area contributed by atoms with Crippen LogP contribution in [-0.2, 0) is 9.53 Å². The molecule has 136 valence electrons. The minimum atomic E-state index is -0.940. The summed E-state index contributed by atoms with van der Waals surface area (Å²) in [4.78, 5) is 36.4. The van der Waals surface area contributed by atoms with Crippen molar-refractivity contribution < 1.29 is 18.7 Å². The Labute approximate surface area is 152 Å². The Hall–Kier alpha value is -3.46. The fourth-order valence-corrected chi connectivity index (χ4v) is 2.79. The SMILES string of the molecule is C[C@H]1O[C@@H](n2cnc3ncnc(NC(=O)c4ccccc4)c32)C=C(F)C1=O. The van der Waals surface area contributed by atoms with Gasteiger partial charge in [0.25, 0.3) is 5.91 Å². The maximum Gasteiger partial charge on any atom is 0.256 e. The number of halogens is 1. The first-order valence-corrected chi connectivity index (χ1v) is 8.15. The van der Waals surface area contributed by atoms with E-state index in [4.69, 9.17) is 4.74 Å². The number of rotatable bonds is 3. The molecule has 3 aromatic rings. The van der Waals surface area contributed by atoms with Crippen LogP contribution in [0.5, 0.6) is 0 Å². The molecule has 9 heteroatoms. The van der Waals surface area contributed by atoms with Crippen LogP contribution in [0, 0.1) is 0 Å². The first-order valence-electron chi connectivity index (χ1n) is 8.15. The minimum absolute atomic E-state index is 0.202. The first-order chi connectivity index (χ1) is 13.0. The first kappa shape index (κ1) is 17.0. The zero-order valence-corrected chi connectivity index (χ0v) is 14.2. The summed E-state index contributed by atoms with van der Waals surface area (Å²) in [6.07, 6.45) is 1.86. The van der Waals surface area contributed by atoms with E-state index in [2.05, 4.69) is 20.3 Å². The van der Waals surface area contributed by atoms with Crippen molar-refractivity contribution in [1.29, 1.82) is 0 Å². The van der Waals surface area contributed by atoms with Gasteiger partial charge >= 0.3 is 0 Å². The number of hydrogen-bond donors (Lipinski definition) is 1. The summed E-state index contributed by atoms with van der Waals surface area (Å²) in [7, 11) is 0. The van der Waals surface area contributed by atoms with Gasteiger partial charge in [-0.05, 0) is 19.1 Å². The average molecular weight is 367 g/mol. The largest absolute Gasteiger partial charge is 0.343 e. The number of ketones is 1. The minimum Gasteiger partial charge on any atom is -0.343 e. The van der Waals surface area contributed by atoms with Crippen LogP contribution in [0.15, 0.2) is 54.9 Å². The second kappa shape index (κ2) is 6.69. The van der Waals surface area contributed by atoms with Gasteiger partial charge in [-0.15, -0.1) is 0 Å². The lowest BCUT2D eigenvalue weighted by Crippen LogP contribution is -2.30. The monoisotopic (exact) mass is 367 g/mol. The number of aromatic nitrogens is 4. The number of Topliss-reactive ketones (excluding diaryl/α,β-unsaturated/α-hetero) is 1. The summed E-state index contributed by atoms with van der Waals surface area (Å²) in [5.41, 5.74) is 1.11. The van der Waals surface area contributed by atoms with E-state index < -0.39 is 23.9 Å². The summed E-state index contributed by atoms with van der Waals surface area (Å²) >= 11 is 0. The molecule has 0 spiro atoms. The van der Waals surface area contributed by atoms with E-state index >= 15 is 0 Å². The lowest BCUT2D eigenvalue weighted by atomic mass is 10.1. The topological polar surface area (TPSA) is 99.0 Å². The van der Waals surface area contributed by atoms with Crippen LogP contribution in [-0.4, -0.2) is 37.3 Å². The fraction of sp³-hybridized carbons (Fsp3) is 0.167. The molecular formula is C18H14FN5O3. The zero-order chi connectivity index (χ0) is 19.0. The molecule has 3 heterocycles. The van der Waals surface area contributed by atoms with Crippen LogP contribution < -0.4 is 5.32 Å². The number of ether oxygens (including phenoxy) is 1. The predicted molar refractivity (Wildman–Crippen MR) is 93.5 cm³/mol. The number of anilines is 1. The highest BCUT2D eigenvalue weighted by Gasteiger charge is 2.30. The molecule has 1 N–H and O–H groups in total.